The van der Waals surface area contributed by atoms with Crippen molar-refractivity contribution < 1.29 is 0 Å². The third-order valence-corrected chi connectivity index (χ3v) is 3.58. The maximum atomic E-state index is 9.23. The average Bonchev–Trinajstić information content (AvgIpc) is 2.84. The Balaban J connectivity index is 2.14. The molecular formula is C17H16N4. The average molecular weight is 276 g/mol. The Bertz CT molecular complexity index is 840. The number of fused-ring (bicyclic) bond motifs is 1. The number of hydrogen-bond acceptors (Lipinski definition) is 3. The van der Waals surface area contributed by atoms with Crippen molar-refractivity contribution >= 4 is 11.2 Å². The molecule has 0 bridgehead atoms. The Morgan fingerprint density at radius 1 is 1.29 bits per heavy atom. The van der Waals surface area contributed by atoms with Gasteiger partial charge < -0.3 is 4.57 Å². The number of nitrogens with zero attached hydrogens (tertiary/aromatic N) is 4. The minimum Gasteiger partial charge on any atom is -0.308 e. The first-order valence-corrected chi connectivity index (χ1v) is 7.02. The van der Waals surface area contributed by atoms with Crippen molar-refractivity contribution in [3.05, 3.63) is 59.0 Å². The third-order valence-electron chi connectivity index (χ3n) is 3.58. The molecular weight excluding hydrogens is 260 g/mol. The first-order valence-electron chi connectivity index (χ1n) is 7.02. The number of aryl methyl sites for hydroxylation is 2. The van der Waals surface area contributed by atoms with Crippen LogP contribution in [-0.4, -0.2) is 14.5 Å². The Labute approximate surface area is 123 Å². The highest BCUT2D eigenvalue weighted by molar-refractivity contribution is 5.72. The summed E-state index contributed by atoms with van der Waals surface area (Å²) in [5.41, 5.74) is 4.60. The lowest BCUT2D eigenvalue weighted by Crippen LogP contribution is -2.06. The lowest BCUT2D eigenvalue weighted by atomic mass is 10.1. The molecule has 21 heavy (non-hydrogen) atoms. The molecule has 0 aliphatic rings. The van der Waals surface area contributed by atoms with Gasteiger partial charge in [-0.1, -0.05) is 25.1 Å². The SMILES string of the molecule is CCc1nc2cc(C)cnc2n1Cc1ccccc1C#N. The second-order valence-electron chi connectivity index (χ2n) is 5.09. The monoisotopic (exact) mass is 276 g/mol. The fourth-order valence-electron chi connectivity index (χ4n) is 2.53. The minimum absolute atomic E-state index is 0.624. The van der Waals surface area contributed by atoms with Gasteiger partial charge in [0.05, 0.1) is 18.2 Å². The zero-order valence-electron chi connectivity index (χ0n) is 12.2. The van der Waals surface area contributed by atoms with Gasteiger partial charge in [-0.3, -0.25) is 0 Å². The summed E-state index contributed by atoms with van der Waals surface area (Å²) in [4.78, 5) is 9.18. The first-order chi connectivity index (χ1) is 10.2. The fourth-order valence-corrected chi connectivity index (χ4v) is 2.53. The van der Waals surface area contributed by atoms with Gasteiger partial charge in [0.2, 0.25) is 0 Å². The third kappa shape index (κ3) is 2.38. The molecule has 3 aromatic rings. The van der Waals surface area contributed by atoms with Crippen LogP contribution in [0.25, 0.3) is 11.2 Å². The van der Waals surface area contributed by atoms with Crippen LogP contribution in [0, 0.1) is 18.3 Å². The maximum Gasteiger partial charge on any atom is 0.160 e. The maximum absolute atomic E-state index is 9.23. The normalized spacial score (nSPS) is 10.7. The lowest BCUT2D eigenvalue weighted by molar-refractivity contribution is 0.745. The van der Waals surface area contributed by atoms with Gasteiger partial charge in [-0.2, -0.15) is 5.26 Å². The van der Waals surface area contributed by atoms with E-state index in [0.29, 0.717) is 12.1 Å². The molecule has 0 unspecified atom stereocenters. The van der Waals surface area contributed by atoms with E-state index in [1.807, 2.05) is 43.5 Å². The molecule has 0 fully saturated rings. The quantitative estimate of drug-likeness (QED) is 0.738. The van der Waals surface area contributed by atoms with E-state index < -0.39 is 0 Å². The van der Waals surface area contributed by atoms with Crippen molar-refractivity contribution in [3.63, 3.8) is 0 Å². The molecule has 0 spiro atoms. The zero-order chi connectivity index (χ0) is 14.8. The van der Waals surface area contributed by atoms with Crippen LogP contribution in [0.4, 0.5) is 0 Å². The molecule has 2 heterocycles. The van der Waals surface area contributed by atoms with Crippen LogP contribution in [0.3, 0.4) is 0 Å². The molecule has 0 saturated carbocycles. The molecule has 0 aliphatic heterocycles. The predicted molar refractivity (Wildman–Crippen MR) is 81.9 cm³/mol. The molecule has 0 radical (unpaired) electrons. The number of rotatable bonds is 3. The summed E-state index contributed by atoms with van der Waals surface area (Å²) in [5, 5.41) is 9.23. The van der Waals surface area contributed by atoms with Crippen molar-refractivity contribution in [3.8, 4) is 6.07 Å². The van der Waals surface area contributed by atoms with Gasteiger partial charge in [0.15, 0.2) is 5.65 Å². The van der Waals surface area contributed by atoms with Crippen molar-refractivity contribution in [2.45, 2.75) is 26.8 Å². The van der Waals surface area contributed by atoms with Gasteiger partial charge in [0.25, 0.3) is 0 Å². The molecule has 104 valence electrons. The van der Waals surface area contributed by atoms with Crippen molar-refractivity contribution in [1.82, 2.24) is 14.5 Å². The predicted octanol–water partition coefficient (Wildman–Crippen LogP) is 3.22. The number of benzene rings is 1. The minimum atomic E-state index is 0.624. The molecule has 0 aliphatic carbocycles. The Morgan fingerprint density at radius 2 is 2.10 bits per heavy atom. The highest BCUT2D eigenvalue weighted by atomic mass is 15.1. The van der Waals surface area contributed by atoms with Crippen LogP contribution in [0.15, 0.2) is 36.5 Å². The summed E-state index contributed by atoms with van der Waals surface area (Å²) in [6, 6.07) is 12.0. The van der Waals surface area contributed by atoms with E-state index in [-0.39, 0.29) is 0 Å². The fraction of sp³-hybridized carbons (Fsp3) is 0.235. The van der Waals surface area contributed by atoms with Crippen molar-refractivity contribution in [1.29, 1.82) is 5.26 Å². The van der Waals surface area contributed by atoms with Gasteiger partial charge in [-0.15, -0.1) is 0 Å². The summed E-state index contributed by atoms with van der Waals surface area (Å²) in [6.45, 7) is 4.72. The summed E-state index contributed by atoms with van der Waals surface area (Å²) in [5.74, 6) is 0.996. The molecule has 0 saturated heterocycles. The smallest absolute Gasteiger partial charge is 0.160 e. The highest BCUT2D eigenvalue weighted by Gasteiger charge is 2.12. The van der Waals surface area contributed by atoms with Gasteiger partial charge >= 0.3 is 0 Å². The van der Waals surface area contributed by atoms with Gasteiger partial charge in [0.1, 0.15) is 11.3 Å². The van der Waals surface area contributed by atoms with Crippen molar-refractivity contribution in [2.24, 2.45) is 0 Å². The van der Waals surface area contributed by atoms with Gasteiger partial charge in [0, 0.05) is 12.6 Å². The van der Waals surface area contributed by atoms with Gasteiger partial charge in [-0.05, 0) is 30.2 Å². The van der Waals surface area contributed by atoms with Crippen LogP contribution in [0.5, 0.6) is 0 Å². The van der Waals surface area contributed by atoms with E-state index in [2.05, 4.69) is 27.5 Å². The second kappa shape index (κ2) is 5.37. The Kier molecular flexibility index (Phi) is 3.41. The van der Waals surface area contributed by atoms with Crippen molar-refractivity contribution in [2.75, 3.05) is 0 Å². The molecule has 0 amide bonds. The van der Waals surface area contributed by atoms with E-state index in [0.717, 1.165) is 34.5 Å². The summed E-state index contributed by atoms with van der Waals surface area (Å²) >= 11 is 0. The van der Waals surface area contributed by atoms with Crippen LogP contribution < -0.4 is 0 Å². The Morgan fingerprint density at radius 3 is 2.86 bits per heavy atom. The topological polar surface area (TPSA) is 54.5 Å². The second-order valence-corrected chi connectivity index (χ2v) is 5.09. The number of hydrogen-bond donors (Lipinski definition) is 0. The zero-order valence-corrected chi connectivity index (χ0v) is 12.2. The molecule has 4 nitrogen and oxygen atoms in total. The van der Waals surface area contributed by atoms with Crippen LogP contribution in [0.1, 0.15) is 29.4 Å². The molecule has 1 aromatic carbocycles. The van der Waals surface area contributed by atoms with Gasteiger partial charge in [-0.25, -0.2) is 9.97 Å². The summed E-state index contributed by atoms with van der Waals surface area (Å²) in [6.07, 6.45) is 2.69. The summed E-state index contributed by atoms with van der Waals surface area (Å²) in [7, 11) is 0. The van der Waals surface area contributed by atoms with Crippen LogP contribution in [0.2, 0.25) is 0 Å². The Hall–Kier alpha value is -2.67. The molecule has 4 heteroatoms. The number of pyridine rings is 1. The summed E-state index contributed by atoms with van der Waals surface area (Å²) < 4.78 is 2.10. The lowest BCUT2D eigenvalue weighted by Gasteiger charge is -2.09. The number of aromatic nitrogens is 3. The molecule has 0 N–H and O–H groups in total. The van der Waals surface area contributed by atoms with Crippen LogP contribution >= 0.6 is 0 Å². The number of imidazole rings is 1. The van der Waals surface area contributed by atoms with E-state index in [1.165, 1.54) is 0 Å². The molecule has 0 atom stereocenters. The standard InChI is InChI=1S/C17H16N4/c1-3-16-20-15-8-12(2)10-19-17(15)21(16)11-14-7-5-4-6-13(14)9-18/h4-8,10H,3,11H2,1-2H3. The molecule has 2 aromatic heterocycles. The van der Waals surface area contributed by atoms with E-state index in [4.69, 9.17) is 0 Å². The largest absolute Gasteiger partial charge is 0.308 e. The molecule has 3 rings (SSSR count). The highest BCUT2D eigenvalue weighted by Crippen LogP contribution is 2.19. The van der Waals surface area contributed by atoms with E-state index in [9.17, 15) is 5.26 Å². The van der Waals surface area contributed by atoms with Crippen LogP contribution in [-0.2, 0) is 13.0 Å². The van der Waals surface area contributed by atoms with E-state index in [1.54, 1.807) is 0 Å². The van der Waals surface area contributed by atoms with E-state index >= 15 is 0 Å². The first kappa shape index (κ1) is 13.3. The number of nitriles is 1.